The Labute approximate surface area is 155 Å². The van der Waals surface area contributed by atoms with Crippen molar-refractivity contribution >= 4 is 11.6 Å². The highest BCUT2D eigenvalue weighted by atomic mass is 16.5. The maximum absolute atomic E-state index is 12.5. The summed E-state index contributed by atoms with van der Waals surface area (Å²) in [6, 6.07) is 10.7. The van der Waals surface area contributed by atoms with Crippen LogP contribution in [0.25, 0.3) is 5.69 Å². The molecule has 0 atom stereocenters. The first-order chi connectivity index (χ1) is 13.2. The number of nitrogens with one attached hydrogen (secondary N) is 1. The van der Waals surface area contributed by atoms with E-state index in [4.69, 9.17) is 14.2 Å². The van der Waals surface area contributed by atoms with E-state index in [9.17, 15) is 4.79 Å². The number of nitrogens with zero attached hydrogens (tertiary/aromatic N) is 4. The molecule has 1 N–H and O–H groups in total. The van der Waals surface area contributed by atoms with E-state index in [-0.39, 0.29) is 12.3 Å². The van der Waals surface area contributed by atoms with Crippen molar-refractivity contribution in [2.45, 2.75) is 6.42 Å². The van der Waals surface area contributed by atoms with E-state index in [0.717, 1.165) is 5.69 Å². The van der Waals surface area contributed by atoms with E-state index < -0.39 is 0 Å². The van der Waals surface area contributed by atoms with E-state index in [1.54, 1.807) is 31.4 Å². The van der Waals surface area contributed by atoms with Crippen molar-refractivity contribution in [3.63, 3.8) is 0 Å². The zero-order valence-corrected chi connectivity index (χ0v) is 15.2. The summed E-state index contributed by atoms with van der Waals surface area (Å²) in [5.41, 5.74) is 2.05. The summed E-state index contributed by atoms with van der Waals surface area (Å²) < 4.78 is 17.5. The number of carbonyl (C=O) groups is 1. The molecule has 3 rings (SSSR count). The van der Waals surface area contributed by atoms with Crippen molar-refractivity contribution in [1.29, 1.82) is 0 Å². The second kappa shape index (κ2) is 8.17. The van der Waals surface area contributed by atoms with Gasteiger partial charge in [0.05, 0.1) is 33.4 Å². The molecule has 0 radical (unpaired) electrons. The van der Waals surface area contributed by atoms with Crippen molar-refractivity contribution in [2.24, 2.45) is 0 Å². The fourth-order valence-electron chi connectivity index (χ4n) is 2.69. The Kier molecular flexibility index (Phi) is 5.50. The summed E-state index contributed by atoms with van der Waals surface area (Å²) in [5.74, 6) is 1.25. The molecule has 0 aliphatic carbocycles. The molecule has 0 saturated heterocycles. The number of amides is 1. The standard InChI is InChI=1S/C18H19N5O4/c1-25-15-8-7-12(17(26-2)18(15)27-3)9-16(24)20-13-5-4-6-14(10-13)23-11-19-21-22-23/h4-8,10-11H,9H2,1-3H3,(H,20,24). The van der Waals surface area contributed by atoms with E-state index in [0.29, 0.717) is 28.5 Å². The predicted octanol–water partition coefficient (Wildman–Crippen LogP) is 1.87. The van der Waals surface area contributed by atoms with Crippen molar-refractivity contribution in [3.8, 4) is 22.9 Å². The van der Waals surface area contributed by atoms with Crippen LogP contribution in [0.3, 0.4) is 0 Å². The van der Waals surface area contributed by atoms with Gasteiger partial charge < -0.3 is 19.5 Å². The third kappa shape index (κ3) is 3.97. The number of anilines is 1. The third-order valence-corrected chi connectivity index (χ3v) is 3.88. The smallest absolute Gasteiger partial charge is 0.228 e. The van der Waals surface area contributed by atoms with Gasteiger partial charge in [0.2, 0.25) is 11.7 Å². The van der Waals surface area contributed by atoms with Crippen LogP contribution in [0.4, 0.5) is 5.69 Å². The number of rotatable bonds is 7. The zero-order valence-electron chi connectivity index (χ0n) is 15.2. The van der Waals surface area contributed by atoms with Gasteiger partial charge in [-0.15, -0.1) is 5.10 Å². The van der Waals surface area contributed by atoms with Gasteiger partial charge in [0.15, 0.2) is 11.5 Å². The minimum absolute atomic E-state index is 0.110. The molecule has 2 aromatic carbocycles. The number of benzene rings is 2. The number of methoxy groups -OCH3 is 3. The molecule has 0 aliphatic heterocycles. The second-order valence-corrected chi connectivity index (χ2v) is 5.52. The number of hydrogen-bond acceptors (Lipinski definition) is 7. The maximum Gasteiger partial charge on any atom is 0.228 e. The number of hydrogen-bond donors (Lipinski definition) is 1. The lowest BCUT2D eigenvalue weighted by molar-refractivity contribution is -0.115. The SMILES string of the molecule is COc1ccc(CC(=O)Nc2cccc(-n3cnnn3)c2)c(OC)c1OC. The molecule has 0 bridgehead atoms. The summed E-state index contributed by atoms with van der Waals surface area (Å²) >= 11 is 0. The predicted molar refractivity (Wildman–Crippen MR) is 97.6 cm³/mol. The average molecular weight is 369 g/mol. The molecule has 0 aliphatic rings. The highest BCUT2D eigenvalue weighted by Crippen LogP contribution is 2.39. The van der Waals surface area contributed by atoms with Crippen LogP contribution in [-0.4, -0.2) is 47.4 Å². The summed E-state index contributed by atoms with van der Waals surface area (Å²) in [7, 11) is 4.59. The number of aromatic nitrogens is 4. The van der Waals surface area contributed by atoms with Crippen LogP contribution in [-0.2, 0) is 11.2 Å². The molecule has 0 spiro atoms. The molecule has 9 nitrogen and oxygen atoms in total. The molecule has 1 heterocycles. The van der Waals surface area contributed by atoms with Crippen LogP contribution >= 0.6 is 0 Å². The van der Waals surface area contributed by atoms with Crippen LogP contribution in [0, 0.1) is 0 Å². The van der Waals surface area contributed by atoms with Crippen LogP contribution < -0.4 is 19.5 Å². The van der Waals surface area contributed by atoms with Crippen molar-refractivity contribution in [2.75, 3.05) is 26.6 Å². The fraction of sp³-hybridized carbons (Fsp3) is 0.222. The molecule has 3 aromatic rings. The Balaban J connectivity index is 1.78. The van der Waals surface area contributed by atoms with E-state index in [1.165, 1.54) is 25.2 Å². The van der Waals surface area contributed by atoms with Crippen molar-refractivity contribution in [3.05, 3.63) is 48.3 Å². The zero-order chi connectivity index (χ0) is 19.2. The van der Waals surface area contributed by atoms with E-state index >= 15 is 0 Å². The fourth-order valence-corrected chi connectivity index (χ4v) is 2.69. The first-order valence-corrected chi connectivity index (χ1v) is 8.07. The maximum atomic E-state index is 12.5. The molecule has 140 valence electrons. The summed E-state index contributed by atoms with van der Waals surface area (Å²) in [5, 5.41) is 13.9. The highest BCUT2D eigenvalue weighted by molar-refractivity contribution is 5.93. The molecular formula is C18H19N5O4. The summed E-state index contributed by atoms with van der Waals surface area (Å²) in [6.45, 7) is 0. The van der Waals surface area contributed by atoms with Gasteiger partial charge in [0, 0.05) is 11.3 Å². The normalized spacial score (nSPS) is 10.3. The Morgan fingerprint density at radius 1 is 1.07 bits per heavy atom. The van der Waals surface area contributed by atoms with Crippen molar-refractivity contribution < 1.29 is 19.0 Å². The van der Waals surface area contributed by atoms with Gasteiger partial charge in [0.1, 0.15) is 6.33 Å². The van der Waals surface area contributed by atoms with Gasteiger partial charge in [0.25, 0.3) is 0 Å². The van der Waals surface area contributed by atoms with Crippen LogP contribution in [0.2, 0.25) is 0 Å². The second-order valence-electron chi connectivity index (χ2n) is 5.52. The Bertz CT molecular complexity index is 928. The third-order valence-electron chi connectivity index (χ3n) is 3.88. The van der Waals surface area contributed by atoms with Crippen molar-refractivity contribution in [1.82, 2.24) is 20.2 Å². The van der Waals surface area contributed by atoms with Crippen LogP contribution in [0.5, 0.6) is 17.2 Å². The summed E-state index contributed by atoms with van der Waals surface area (Å²) in [4.78, 5) is 12.5. The first kappa shape index (κ1) is 18.2. The lowest BCUT2D eigenvalue weighted by atomic mass is 10.1. The minimum Gasteiger partial charge on any atom is -0.493 e. The van der Waals surface area contributed by atoms with Gasteiger partial charge in [-0.2, -0.15) is 0 Å². The number of tetrazole rings is 1. The largest absolute Gasteiger partial charge is 0.493 e. The monoisotopic (exact) mass is 369 g/mol. The lowest BCUT2D eigenvalue weighted by Crippen LogP contribution is -2.15. The number of carbonyl (C=O) groups excluding carboxylic acids is 1. The Morgan fingerprint density at radius 3 is 2.56 bits per heavy atom. The molecule has 0 saturated carbocycles. The van der Waals surface area contributed by atoms with Gasteiger partial charge in [-0.05, 0) is 34.7 Å². The van der Waals surface area contributed by atoms with Gasteiger partial charge in [-0.1, -0.05) is 12.1 Å². The first-order valence-electron chi connectivity index (χ1n) is 8.07. The molecular weight excluding hydrogens is 350 g/mol. The van der Waals surface area contributed by atoms with Gasteiger partial charge in [-0.3, -0.25) is 4.79 Å². The van der Waals surface area contributed by atoms with Gasteiger partial charge in [-0.25, -0.2) is 4.68 Å². The van der Waals surface area contributed by atoms with Crippen LogP contribution in [0.15, 0.2) is 42.7 Å². The molecule has 27 heavy (non-hydrogen) atoms. The molecule has 9 heteroatoms. The topological polar surface area (TPSA) is 100 Å². The molecule has 0 unspecified atom stereocenters. The Morgan fingerprint density at radius 2 is 1.89 bits per heavy atom. The highest BCUT2D eigenvalue weighted by Gasteiger charge is 2.18. The quantitative estimate of drug-likeness (QED) is 0.678. The van der Waals surface area contributed by atoms with E-state index in [1.807, 2.05) is 12.1 Å². The number of ether oxygens (including phenoxy) is 3. The lowest BCUT2D eigenvalue weighted by Gasteiger charge is -2.15. The summed E-state index contributed by atoms with van der Waals surface area (Å²) in [6.07, 6.45) is 1.59. The van der Waals surface area contributed by atoms with Gasteiger partial charge >= 0.3 is 0 Å². The average Bonchev–Trinajstić information content (AvgIpc) is 3.22. The molecule has 0 fully saturated rings. The molecule has 1 aromatic heterocycles. The molecule has 1 amide bonds. The Hall–Kier alpha value is -3.62. The minimum atomic E-state index is -0.200. The van der Waals surface area contributed by atoms with Crippen LogP contribution in [0.1, 0.15) is 5.56 Å². The van der Waals surface area contributed by atoms with E-state index in [2.05, 4.69) is 20.8 Å².